The lowest BCUT2D eigenvalue weighted by Gasteiger charge is -2.17. The summed E-state index contributed by atoms with van der Waals surface area (Å²) in [5.41, 5.74) is 0.449. The first-order chi connectivity index (χ1) is 10.4. The molecule has 2 atom stereocenters. The molecule has 2 heterocycles. The van der Waals surface area contributed by atoms with Crippen molar-refractivity contribution in [3.05, 3.63) is 34.1 Å². The van der Waals surface area contributed by atoms with Crippen molar-refractivity contribution >= 4 is 22.6 Å². The summed E-state index contributed by atoms with van der Waals surface area (Å²) in [5, 5.41) is 33.7. The van der Waals surface area contributed by atoms with Crippen LogP contribution in [0, 0.1) is 10.1 Å². The van der Waals surface area contributed by atoms with Crippen LogP contribution in [-0.2, 0) is 4.79 Å². The lowest BCUT2D eigenvalue weighted by atomic mass is 10.0. The van der Waals surface area contributed by atoms with Crippen molar-refractivity contribution in [2.45, 2.75) is 25.6 Å². The second-order valence-corrected chi connectivity index (χ2v) is 4.88. The first kappa shape index (κ1) is 15.9. The van der Waals surface area contributed by atoms with E-state index in [4.69, 9.17) is 0 Å². The number of pyridine rings is 1. The third-order valence-corrected chi connectivity index (χ3v) is 3.25. The quantitative estimate of drug-likeness (QED) is 0.449. The average molecular weight is 308 g/mol. The molecular formula is C13H16N4O5. The molecule has 0 aromatic carbocycles. The number of aliphatic hydroxyl groups excluding tert-OH is 2. The molecular weight excluding hydrogens is 292 g/mol. The van der Waals surface area contributed by atoms with Crippen LogP contribution in [0.25, 0.3) is 11.0 Å². The fourth-order valence-corrected chi connectivity index (χ4v) is 2.09. The predicted octanol–water partition coefficient (Wildman–Crippen LogP) is 0.392. The third kappa shape index (κ3) is 3.38. The highest BCUT2D eigenvalue weighted by Gasteiger charge is 2.22. The number of H-pyrrole nitrogens is 1. The van der Waals surface area contributed by atoms with Gasteiger partial charge in [-0.05, 0) is 12.5 Å². The summed E-state index contributed by atoms with van der Waals surface area (Å²) in [6.07, 6.45) is 0.341. The molecule has 0 aliphatic rings. The Morgan fingerprint density at radius 2 is 2.27 bits per heavy atom. The van der Waals surface area contributed by atoms with E-state index in [1.165, 1.54) is 25.4 Å². The van der Waals surface area contributed by atoms with Crippen molar-refractivity contribution in [1.82, 2.24) is 15.3 Å². The van der Waals surface area contributed by atoms with Crippen LogP contribution in [-0.4, -0.2) is 43.7 Å². The van der Waals surface area contributed by atoms with Gasteiger partial charge in [-0.1, -0.05) is 0 Å². The molecule has 0 bridgehead atoms. The number of hydrogen-bond acceptors (Lipinski definition) is 6. The van der Waals surface area contributed by atoms with Crippen LogP contribution in [0.5, 0.6) is 0 Å². The molecule has 0 saturated heterocycles. The summed E-state index contributed by atoms with van der Waals surface area (Å²) < 4.78 is 0. The molecule has 2 aromatic rings. The van der Waals surface area contributed by atoms with Crippen LogP contribution in [0.2, 0.25) is 0 Å². The van der Waals surface area contributed by atoms with E-state index in [2.05, 4.69) is 15.3 Å². The minimum Gasteiger partial charge on any atom is -0.390 e. The topological polar surface area (TPSA) is 141 Å². The Morgan fingerprint density at radius 3 is 2.91 bits per heavy atom. The van der Waals surface area contributed by atoms with E-state index in [1.807, 2.05) is 0 Å². The van der Waals surface area contributed by atoms with Crippen LogP contribution < -0.4 is 5.32 Å². The van der Waals surface area contributed by atoms with E-state index >= 15 is 0 Å². The normalized spacial score (nSPS) is 13.8. The second kappa shape index (κ2) is 6.50. The Hall–Kier alpha value is -2.52. The molecule has 2 rings (SSSR count). The van der Waals surface area contributed by atoms with Gasteiger partial charge in [-0.15, -0.1) is 0 Å². The number of hydrogen-bond donors (Lipinski definition) is 4. The van der Waals surface area contributed by atoms with Gasteiger partial charge in [-0.2, -0.15) is 0 Å². The minimum atomic E-state index is -1.25. The number of amides is 1. The number of aromatic amines is 1. The smallest absolute Gasteiger partial charge is 0.296 e. The second-order valence-electron chi connectivity index (χ2n) is 4.88. The van der Waals surface area contributed by atoms with Crippen LogP contribution in [0.3, 0.4) is 0 Å². The molecule has 0 radical (unpaired) electrons. The number of aromatic nitrogens is 2. The molecule has 2 aromatic heterocycles. The standard InChI is InChI=1S/C13H16N4O5/c1-7(18)14-3-2-11(19)12(20)8-4-9-10(17(21)22)6-16-13(9)15-5-8/h4-6,11-12,19-20H,2-3H2,1H3,(H,14,18)(H,15,16). The molecule has 118 valence electrons. The molecule has 2 unspecified atom stereocenters. The van der Waals surface area contributed by atoms with Gasteiger partial charge in [0.05, 0.1) is 22.6 Å². The summed E-state index contributed by atoms with van der Waals surface area (Å²) in [6, 6.07) is 1.42. The molecule has 0 aliphatic carbocycles. The lowest BCUT2D eigenvalue weighted by molar-refractivity contribution is -0.383. The first-order valence-electron chi connectivity index (χ1n) is 6.62. The van der Waals surface area contributed by atoms with E-state index < -0.39 is 17.1 Å². The maximum atomic E-state index is 10.9. The maximum absolute atomic E-state index is 10.9. The van der Waals surface area contributed by atoms with Crippen LogP contribution in [0.1, 0.15) is 25.0 Å². The fraction of sp³-hybridized carbons (Fsp3) is 0.385. The molecule has 0 spiro atoms. The summed E-state index contributed by atoms with van der Waals surface area (Å²) >= 11 is 0. The van der Waals surface area contributed by atoms with E-state index in [1.54, 1.807) is 0 Å². The summed E-state index contributed by atoms with van der Waals surface area (Å²) in [7, 11) is 0. The molecule has 1 amide bonds. The van der Waals surface area contributed by atoms with Gasteiger partial charge in [0.25, 0.3) is 5.69 Å². The summed E-state index contributed by atoms with van der Waals surface area (Å²) in [6.45, 7) is 1.57. The molecule has 22 heavy (non-hydrogen) atoms. The van der Waals surface area contributed by atoms with Gasteiger partial charge in [0.1, 0.15) is 11.8 Å². The number of carbonyl (C=O) groups excluding carboxylic acids is 1. The highest BCUT2D eigenvalue weighted by Crippen LogP contribution is 2.27. The Bertz CT molecular complexity index is 699. The Balaban J connectivity index is 2.16. The molecule has 0 aliphatic heterocycles. The van der Waals surface area contributed by atoms with E-state index in [0.717, 1.165) is 0 Å². The Labute approximate surface area is 125 Å². The lowest BCUT2D eigenvalue weighted by Crippen LogP contribution is -2.27. The monoisotopic (exact) mass is 308 g/mol. The number of nitrogens with zero attached hydrogens (tertiary/aromatic N) is 2. The molecule has 0 fully saturated rings. The largest absolute Gasteiger partial charge is 0.390 e. The Kier molecular flexibility index (Phi) is 4.68. The van der Waals surface area contributed by atoms with Gasteiger partial charge in [0, 0.05) is 25.2 Å². The molecule has 0 saturated carbocycles. The van der Waals surface area contributed by atoms with Gasteiger partial charge < -0.3 is 20.5 Å². The average Bonchev–Trinajstić information content (AvgIpc) is 2.88. The number of aliphatic hydroxyl groups is 2. The van der Waals surface area contributed by atoms with Gasteiger partial charge >= 0.3 is 0 Å². The molecule has 4 N–H and O–H groups in total. The number of nitrogens with one attached hydrogen (secondary N) is 2. The van der Waals surface area contributed by atoms with Gasteiger partial charge in [0.15, 0.2) is 0 Å². The zero-order valence-corrected chi connectivity index (χ0v) is 11.8. The van der Waals surface area contributed by atoms with E-state index in [-0.39, 0.29) is 35.5 Å². The minimum absolute atomic E-state index is 0.147. The Morgan fingerprint density at radius 1 is 1.55 bits per heavy atom. The third-order valence-electron chi connectivity index (χ3n) is 3.25. The van der Waals surface area contributed by atoms with Crippen molar-refractivity contribution in [2.24, 2.45) is 0 Å². The van der Waals surface area contributed by atoms with Crippen molar-refractivity contribution < 1.29 is 19.9 Å². The van der Waals surface area contributed by atoms with Crippen LogP contribution in [0.4, 0.5) is 5.69 Å². The number of fused-ring (bicyclic) bond motifs is 1. The fourth-order valence-electron chi connectivity index (χ4n) is 2.09. The van der Waals surface area contributed by atoms with E-state index in [9.17, 15) is 25.1 Å². The zero-order valence-electron chi connectivity index (χ0n) is 11.8. The van der Waals surface area contributed by atoms with Gasteiger partial charge in [-0.3, -0.25) is 14.9 Å². The zero-order chi connectivity index (χ0) is 16.3. The summed E-state index contributed by atoms with van der Waals surface area (Å²) in [5.74, 6) is -0.229. The van der Waals surface area contributed by atoms with Crippen molar-refractivity contribution in [3.8, 4) is 0 Å². The molecule has 9 nitrogen and oxygen atoms in total. The van der Waals surface area contributed by atoms with Gasteiger partial charge in [-0.25, -0.2) is 4.98 Å². The number of carbonyl (C=O) groups is 1. The van der Waals surface area contributed by atoms with Crippen LogP contribution >= 0.6 is 0 Å². The first-order valence-corrected chi connectivity index (χ1v) is 6.62. The number of rotatable bonds is 6. The molecule has 9 heteroatoms. The predicted molar refractivity (Wildman–Crippen MR) is 77.0 cm³/mol. The number of nitro groups is 1. The SMILES string of the molecule is CC(=O)NCCC(O)C(O)c1cnc2[nH]cc([N+](=O)[O-])c2c1. The van der Waals surface area contributed by atoms with Crippen LogP contribution in [0.15, 0.2) is 18.5 Å². The summed E-state index contributed by atoms with van der Waals surface area (Å²) in [4.78, 5) is 27.8. The highest BCUT2D eigenvalue weighted by atomic mass is 16.6. The van der Waals surface area contributed by atoms with Crippen molar-refractivity contribution in [3.63, 3.8) is 0 Å². The van der Waals surface area contributed by atoms with Gasteiger partial charge in [0.2, 0.25) is 5.91 Å². The van der Waals surface area contributed by atoms with Crippen molar-refractivity contribution in [2.75, 3.05) is 6.54 Å². The van der Waals surface area contributed by atoms with Crippen molar-refractivity contribution in [1.29, 1.82) is 0 Å². The van der Waals surface area contributed by atoms with E-state index in [0.29, 0.717) is 5.65 Å². The highest BCUT2D eigenvalue weighted by molar-refractivity contribution is 5.86. The maximum Gasteiger partial charge on any atom is 0.296 e.